The molecule has 0 fully saturated rings. The van der Waals surface area contributed by atoms with Gasteiger partial charge in [0.25, 0.3) is 0 Å². The van der Waals surface area contributed by atoms with Crippen molar-refractivity contribution in [1.82, 2.24) is 0 Å². The van der Waals surface area contributed by atoms with Gasteiger partial charge in [0.05, 0.1) is 18.2 Å². The minimum absolute atomic E-state index is 0.00690. The molecule has 0 saturated heterocycles. The number of carbonyl (C=O) groups is 2. The van der Waals surface area contributed by atoms with Gasteiger partial charge in [-0.25, -0.2) is 4.79 Å². The summed E-state index contributed by atoms with van der Waals surface area (Å²) < 4.78 is 4.53. The molecule has 1 aromatic rings. The van der Waals surface area contributed by atoms with E-state index in [4.69, 9.17) is 0 Å². The number of esters is 1. The third-order valence-corrected chi connectivity index (χ3v) is 2.02. The van der Waals surface area contributed by atoms with Crippen LogP contribution in [0.4, 0.5) is 0 Å². The van der Waals surface area contributed by atoms with Gasteiger partial charge in [0, 0.05) is 0 Å². The fourth-order valence-corrected chi connectivity index (χ4v) is 1.41. The van der Waals surface area contributed by atoms with Crippen LogP contribution in [0.5, 0.6) is 5.75 Å². The average Bonchev–Trinajstić information content (AvgIpc) is 2.14. The number of rotatable bonds is 2. The molecule has 1 N–H and O–H groups in total. The van der Waals surface area contributed by atoms with Crippen molar-refractivity contribution in [2.24, 2.45) is 0 Å². The lowest BCUT2D eigenvalue weighted by atomic mass is 10.0. The molecule has 15 heavy (non-hydrogen) atoms. The van der Waals surface area contributed by atoms with Crippen LogP contribution in [0.25, 0.3) is 0 Å². The Morgan fingerprint density at radius 3 is 2.40 bits per heavy atom. The molecule has 0 unspecified atom stereocenters. The van der Waals surface area contributed by atoms with Gasteiger partial charge in [-0.15, -0.1) is 0 Å². The third kappa shape index (κ3) is 2.15. The highest BCUT2D eigenvalue weighted by Crippen LogP contribution is 2.24. The van der Waals surface area contributed by atoms with Crippen molar-refractivity contribution in [2.75, 3.05) is 7.11 Å². The lowest BCUT2D eigenvalue weighted by Gasteiger charge is -2.08. The van der Waals surface area contributed by atoms with Gasteiger partial charge in [-0.1, -0.05) is 0 Å². The molecule has 0 saturated carbocycles. The Morgan fingerprint density at radius 1 is 1.33 bits per heavy atom. The van der Waals surface area contributed by atoms with E-state index < -0.39 is 5.97 Å². The number of phenolic OH excluding ortho intramolecular Hbond substituents is 1. The highest BCUT2D eigenvalue weighted by atomic mass is 16.5. The van der Waals surface area contributed by atoms with Gasteiger partial charge in [0.1, 0.15) is 5.75 Å². The topological polar surface area (TPSA) is 63.6 Å². The highest BCUT2D eigenvalue weighted by Gasteiger charge is 2.19. The molecule has 80 valence electrons. The molecule has 0 spiro atoms. The van der Waals surface area contributed by atoms with E-state index in [1.807, 2.05) is 0 Å². The molecule has 1 aromatic carbocycles. The molecule has 0 heterocycles. The predicted molar refractivity (Wildman–Crippen MR) is 54.2 cm³/mol. The van der Waals surface area contributed by atoms with Crippen molar-refractivity contribution >= 4 is 11.8 Å². The maximum absolute atomic E-state index is 11.4. The maximum atomic E-state index is 11.4. The van der Waals surface area contributed by atoms with E-state index in [1.54, 1.807) is 6.92 Å². The summed E-state index contributed by atoms with van der Waals surface area (Å²) in [6.45, 7) is 3.01. The fourth-order valence-electron chi connectivity index (χ4n) is 1.41. The van der Waals surface area contributed by atoms with Crippen LogP contribution >= 0.6 is 0 Å². The van der Waals surface area contributed by atoms with Crippen molar-refractivity contribution in [2.45, 2.75) is 13.8 Å². The van der Waals surface area contributed by atoms with Crippen molar-refractivity contribution in [1.29, 1.82) is 0 Å². The van der Waals surface area contributed by atoms with Gasteiger partial charge < -0.3 is 9.84 Å². The zero-order chi connectivity index (χ0) is 11.6. The second-order valence-corrected chi connectivity index (χ2v) is 3.25. The summed E-state index contributed by atoms with van der Waals surface area (Å²) in [5.74, 6) is -1.19. The van der Waals surface area contributed by atoms with Gasteiger partial charge >= 0.3 is 5.97 Å². The number of benzene rings is 1. The Kier molecular flexibility index (Phi) is 3.09. The smallest absolute Gasteiger partial charge is 0.338 e. The minimum Gasteiger partial charge on any atom is -0.507 e. The number of ketones is 1. The molecule has 0 aliphatic carbocycles. The monoisotopic (exact) mass is 208 g/mol. The summed E-state index contributed by atoms with van der Waals surface area (Å²) in [6, 6.07) is 2.95. The summed E-state index contributed by atoms with van der Waals surface area (Å²) >= 11 is 0. The first-order valence-electron chi connectivity index (χ1n) is 4.40. The van der Waals surface area contributed by atoms with Crippen LogP contribution in [-0.4, -0.2) is 24.0 Å². The van der Waals surface area contributed by atoms with Crippen LogP contribution in [0.15, 0.2) is 12.1 Å². The minimum atomic E-state index is -0.626. The van der Waals surface area contributed by atoms with Crippen LogP contribution in [0, 0.1) is 6.92 Å². The Morgan fingerprint density at radius 2 is 1.93 bits per heavy atom. The first-order valence-corrected chi connectivity index (χ1v) is 4.40. The summed E-state index contributed by atoms with van der Waals surface area (Å²) in [7, 11) is 1.23. The summed E-state index contributed by atoms with van der Waals surface area (Å²) in [5, 5.41) is 9.56. The molecule has 4 nitrogen and oxygen atoms in total. The lowest BCUT2D eigenvalue weighted by molar-refractivity contribution is 0.0596. The molecule has 0 atom stereocenters. The SMILES string of the molecule is COC(=O)c1cc(C)cc(O)c1C(C)=O. The normalized spacial score (nSPS) is 9.80. The first-order chi connectivity index (χ1) is 6.97. The number of aromatic hydroxyl groups is 1. The van der Waals surface area contributed by atoms with Gasteiger partial charge in [-0.05, 0) is 31.5 Å². The van der Waals surface area contributed by atoms with E-state index >= 15 is 0 Å². The maximum Gasteiger partial charge on any atom is 0.338 e. The van der Waals surface area contributed by atoms with Gasteiger partial charge in [0.15, 0.2) is 5.78 Å². The van der Waals surface area contributed by atoms with E-state index in [9.17, 15) is 14.7 Å². The molecular formula is C11H12O4. The van der Waals surface area contributed by atoms with Crippen molar-refractivity contribution < 1.29 is 19.4 Å². The number of Topliss-reactive ketones (excluding diaryl/α,β-unsaturated/α-hetero) is 1. The number of phenols is 1. The zero-order valence-corrected chi connectivity index (χ0v) is 8.83. The molecule has 0 aliphatic rings. The number of aryl methyl sites for hydroxylation is 1. The van der Waals surface area contributed by atoms with E-state index in [0.717, 1.165) is 0 Å². The van der Waals surface area contributed by atoms with Crippen LogP contribution in [0.2, 0.25) is 0 Å². The largest absolute Gasteiger partial charge is 0.507 e. The van der Waals surface area contributed by atoms with Crippen molar-refractivity contribution in [3.8, 4) is 5.75 Å². The van der Waals surface area contributed by atoms with Gasteiger partial charge in [-0.3, -0.25) is 4.79 Å². The predicted octanol–water partition coefficient (Wildman–Crippen LogP) is 1.69. The van der Waals surface area contributed by atoms with E-state index in [-0.39, 0.29) is 22.7 Å². The zero-order valence-electron chi connectivity index (χ0n) is 8.83. The Bertz CT molecular complexity index is 421. The average molecular weight is 208 g/mol. The Labute approximate surface area is 87.5 Å². The van der Waals surface area contributed by atoms with E-state index in [0.29, 0.717) is 5.56 Å². The van der Waals surface area contributed by atoms with Crippen LogP contribution in [-0.2, 0) is 4.74 Å². The second kappa shape index (κ2) is 4.13. The van der Waals surface area contributed by atoms with Crippen LogP contribution in [0.1, 0.15) is 33.2 Å². The fraction of sp³-hybridized carbons (Fsp3) is 0.273. The van der Waals surface area contributed by atoms with E-state index in [1.165, 1.54) is 26.2 Å². The molecule has 4 heteroatoms. The third-order valence-electron chi connectivity index (χ3n) is 2.02. The van der Waals surface area contributed by atoms with Crippen LogP contribution < -0.4 is 0 Å². The van der Waals surface area contributed by atoms with Gasteiger partial charge in [-0.2, -0.15) is 0 Å². The molecule has 0 aliphatic heterocycles. The molecule has 1 rings (SSSR count). The number of carbonyl (C=O) groups excluding carboxylic acids is 2. The Balaban J connectivity index is 3.46. The molecule has 0 amide bonds. The standard InChI is InChI=1S/C11H12O4/c1-6-4-8(11(14)15-3)10(7(2)12)9(13)5-6/h4-5,13H,1-3H3. The number of hydrogen-bond acceptors (Lipinski definition) is 4. The van der Waals surface area contributed by atoms with E-state index in [2.05, 4.69) is 4.74 Å². The lowest BCUT2D eigenvalue weighted by Crippen LogP contribution is -2.09. The highest BCUT2D eigenvalue weighted by molar-refractivity contribution is 6.07. The molecule has 0 radical (unpaired) electrons. The summed E-state index contributed by atoms with van der Waals surface area (Å²) in [6.07, 6.45) is 0. The number of hydrogen-bond donors (Lipinski definition) is 1. The van der Waals surface area contributed by atoms with Crippen molar-refractivity contribution in [3.63, 3.8) is 0 Å². The van der Waals surface area contributed by atoms with Crippen LogP contribution in [0.3, 0.4) is 0 Å². The number of ether oxygens (including phenoxy) is 1. The summed E-state index contributed by atoms with van der Waals surface area (Å²) in [5.41, 5.74) is 0.799. The quantitative estimate of drug-likeness (QED) is 0.593. The number of methoxy groups -OCH3 is 1. The Hall–Kier alpha value is -1.84. The van der Waals surface area contributed by atoms with Crippen molar-refractivity contribution in [3.05, 3.63) is 28.8 Å². The second-order valence-electron chi connectivity index (χ2n) is 3.25. The molecule has 0 bridgehead atoms. The van der Waals surface area contributed by atoms with Gasteiger partial charge in [0.2, 0.25) is 0 Å². The molecular weight excluding hydrogens is 196 g/mol. The molecule has 0 aromatic heterocycles. The summed E-state index contributed by atoms with van der Waals surface area (Å²) in [4.78, 5) is 22.6. The first kappa shape index (κ1) is 11.2.